The van der Waals surface area contributed by atoms with Crippen molar-refractivity contribution in [2.75, 3.05) is 6.54 Å². The smallest absolute Gasteiger partial charge is 0.235 e. The summed E-state index contributed by atoms with van der Waals surface area (Å²) in [6, 6.07) is 14.9. The molecule has 2 atom stereocenters. The van der Waals surface area contributed by atoms with E-state index in [1.807, 2.05) is 6.07 Å². The summed E-state index contributed by atoms with van der Waals surface area (Å²) in [5.41, 5.74) is 6.19. The number of carbonyl (C=O) groups is 1. The standard InChI is InChI=1S/C20H24N2O/c1-13-10-14(2)19(15(3)11-13)20-21-18(23)12-22(20)16(4)17-8-6-5-7-9-17/h5-11,16,20H,12H2,1-4H3,(H,21,23)/t16-,20?/m0/s1. The van der Waals surface area contributed by atoms with Crippen LogP contribution >= 0.6 is 0 Å². The summed E-state index contributed by atoms with van der Waals surface area (Å²) in [4.78, 5) is 14.4. The predicted octanol–water partition coefficient (Wildman–Crippen LogP) is 3.80. The van der Waals surface area contributed by atoms with Gasteiger partial charge >= 0.3 is 0 Å². The molecule has 1 saturated heterocycles. The zero-order valence-corrected chi connectivity index (χ0v) is 14.3. The third-order valence-corrected chi connectivity index (χ3v) is 4.75. The molecular weight excluding hydrogens is 284 g/mol. The largest absolute Gasteiger partial charge is 0.335 e. The molecule has 2 aromatic rings. The van der Waals surface area contributed by atoms with E-state index in [1.54, 1.807) is 0 Å². The second kappa shape index (κ2) is 6.17. The molecule has 3 rings (SSSR count). The van der Waals surface area contributed by atoms with Gasteiger partial charge in [-0.2, -0.15) is 0 Å². The number of aryl methyl sites for hydroxylation is 3. The van der Waals surface area contributed by atoms with E-state index < -0.39 is 0 Å². The molecule has 0 bridgehead atoms. The molecule has 0 aliphatic carbocycles. The monoisotopic (exact) mass is 308 g/mol. The number of hydrogen-bond donors (Lipinski definition) is 1. The molecule has 1 aliphatic heterocycles. The summed E-state index contributed by atoms with van der Waals surface area (Å²) in [6.45, 7) is 8.98. The van der Waals surface area contributed by atoms with Gasteiger partial charge in [-0.1, -0.05) is 48.0 Å². The Hall–Kier alpha value is -2.13. The van der Waals surface area contributed by atoms with Crippen molar-refractivity contribution in [1.82, 2.24) is 10.2 Å². The maximum absolute atomic E-state index is 12.1. The Bertz CT molecular complexity index is 701. The lowest BCUT2D eigenvalue weighted by molar-refractivity contribution is -0.118. The van der Waals surface area contributed by atoms with Crippen LogP contribution in [0, 0.1) is 20.8 Å². The van der Waals surface area contributed by atoms with E-state index in [2.05, 4.69) is 74.3 Å². The first-order valence-corrected chi connectivity index (χ1v) is 8.15. The van der Waals surface area contributed by atoms with E-state index >= 15 is 0 Å². The number of nitrogens with one attached hydrogen (secondary N) is 1. The highest BCUT2D eigenvalue weighted by molar-refractivity contribution is 5.81. The van der Waals surface area contributed by atoms with Crippen LogP contribution in [0.4, 0.5) is 0 Å². The first-order chi connectivity index (χ1) is 11.0. The molecule has 0 aromatic heterocycles. The molecule has 1 heterocycles. The van der Waals surface area contributed by atoms with E-state index in [0.717, 1.165) is 0 Å². The molecule has 3 nitrogen and oxygen atoms in total. The van der Waals surface area contributed by atoms with Crippen LogP contribution in [0.5, 0.6) is 0 Å². The first kappa shape index (κ1) is 15.8. The molecule has 1 N–H and O–H groups in total. The number of nitrogens with zero attached hydrogens (tertiary/aromatic N) is 1. The van der Waals surface area contributed by atoms with Crippen molar-refractivity contribution in [2.24, 2.45) is 0 Å². The quantitative estimate of drug-likeness (QED) is 0.935. The number of benzene rings is 2. The number of carbonyl (C=O) groups excluding carboxylic acids is 1. The Balaban J connectivity index is 1.99. The fraction of sp³-hybridized carbons (Fsp3) is 0.350. The lowest BCUT2D eigenvalue weighted by Crippen LogP contribution is -2.31. The van der Waals surface area contributed by atoms with Gasteiger partial charge in [-0.05, 0) is 49.9 Å². The van der Waals surface area contributed by atoms with Crippen molar-refractivity contribution in [2.45, 2.75) is 39.9 Å². The van der Waals surface area contributed by atoms with Gasteiger partial charge < -0.3 is 5.32 Å². The summed E-state index contributed by atoms with van der Waals surface area (Å²) < 4.78 is 0. The normalized spacial score (nSPS) is 19.7. The predicted molar refractivity (Wildman–Crippen MR) is 93.1 cm³/mol. The van der Waals surface area contributed by atoms with Crippen molar-refractivity contribution in [1.29, 1.82) is 0 Å². The van der Waals surface area contributed by atoms with Crippen molar-refractivity contribution in [3.8, 4) is 0 Å². The zero-order chi connectivity index (χ0) is 16.6. The molecule has 0 saturated carbocycles. The van der Waals surface area contributed by atoms with Gasteiger partial charge in [0.1, 0.15) is 6.17 Å². The minimum Gasteiger partial charge on any atom is -0.335 e. The summed E-state index contributed by atoms with van der Waals surface area (Å²) in [6.07, 6.45) is -0.0571. The Morgan fingerprint density at radius 1 is 1.09 bits per heavy atom. The maximum Gasteiger partial charge on any atom is 0.235 e. The highest BCUT2D eigenvalue weighted by Gasteiger charge is 2.36. The Morgan fingerprint density at radius 2 is 1.70 bits per heavy atom. The Morgan fingerprint density at radius 3 is 2.30 bits per heavy atom. The van der Waals surface area contributed by atoms with Crippen molar-refractivity contribution >= 4 is 5.91 Å². The molecule has 3 heteroatoms. The highest BCUT2D eigenvalue weighted by Crippen LogP contribution is 2.35. The van der Waals surface area contributed by atoms with Gasteiger partial charge in [-0.15, -0.1) is 0 Å². The van der Waals surface area contributed by atoms with E-state index in [9.17, 15) is 4.79 Å². The van der Waals surface area contributed by atoms with Gasteiger partial charge in [0.05, 0.1) is 6.54 Å². The van der Waals surface area contributed by atoms with Gasteiger partial charge in [-0.25, -0.2) is 0 Å². The third kappa shape index (κ3) is 3.02. The second-order valence-electron chi connectivity index (χ2n) is 6.54. The molecule has 1 unspecified atom stereocenters. The van der Waals surface area contributed by atoms with Crippen molar-refractivity contribution < 1.29 is 4.79 Å². The van der Waals surface area contributed by atoms with Gasteiger partial charge in [0.25, 0.3) is 0 Å². The van der Waals surface area contributed by atoms with Crippen LogP contribution in [0.3, 0.4) is 0 Å². The average molecular weight is 308 g/mol. The Labute approximate surface area is 138 Å². The highest BCUT2D eigenvalue weighted by atomic mass is 16.2. The van der Waals surface area contributed by atoms with E-state index in [4.69, 9.17) is 0 Å². The summed E-state index contributed by atoms with van der Waals surface area (Å²) in [7, 11) is 0. The lowest BCUT2D eigenvalue weighted by atomic mass is 9.96. The fourth-order valence-electron chi connectivity index (χ4n) is 3.68. The third-order valence-electron chi connectivity index (χ3n) is 4.75. The minimum absolute atomic E-state index is 0.0571. The summed E-state index contributed by atoms with van der Waals surface area (Å²) in [5, 5.41) is 3.16. The fourth-order valence-corrected chi connectivity index (χ4v) is 3.68. The molecule has 1 amide bonds. The van der Waals surface area contributed by atoms with Crippen LogP contribution in [0.15, 0.2) is 42.5 Å². The summed E-state index contributed by atoms with van der Waals surface area (Å²) >= 11 is 0. The first-order valence-electron chi connectivity index (χ1n) is 8.15. The summed E-state index contributed by atoms with van der Waals surface area (Å²) in [5.74, 6) is 0.0946. The van der Waals surface area contributed by atoms with Crippen LogP contribution in [0.1, 0.15) is 46.9 Å². The maximum atomic E-state index is 12.1. The van der Waals surface area contributed by atoms with Crippen molar-refractivity contribution in [3.05, 3.63) is 70.3 Å². The van der Waals surface area contributed by atoms with Gasteiger partial charge in [0.15, 0.2) is 0 Å². The molecule has 1 aliphatic rings. The van der Waals surface area contributed by atoms with Crippen LogP contribution in [0.2, 0.25) is 0 Å². The molecule has 2 aromatic carbocycles. The molecule has 0 spiro atoms. The topological polar surface area (TPSA) is 32.3 Å². The molecular formula is C20H24N2O. The molecule has 0 radical (unpaired) electrons. The van der Waals surface area contributed by atoms with E-state index in [1.165, 1.54) is 27.8 Å². The Kier molecular flexibility index (Phi) is 4.22. The second-order valence-corrected chi connectivity index (χ2v) is 6.54. The van der Waals surface area contributed by atoms with Crippen LogP contribution in [-0.4, -0.2) is 17.4 Å². The van der Waals surface area contributed by atoms with E-state index in [0.29, 0.717) is 6.54 Å². The number of rotatable bonds is 3. The average Bonchev–Trinajstić information content (AvgIpc) is 2.88. The van der Waals surface area contributed by atoms with Crippen LogP contribution < -0.4 is 5.32 Å². The van der Waals surface area contributed by atoms with Crippen LogP contribution in [-0.2, 0) is 4.79 Å². The van der Waals surface area contributed by atoms with Gasteiger partial charge in [0.2, 0.25) is 5.91 Å². The molecule has 23 heavy (non-hydrogen) atoms. The lowest BCUT2D eigenvalue weighted by Gasteiger charge is -2.31. The molecule has 120 valence electrons. The number of amides is 1. The van der Waals surface area contributed by atoms with Crippen molar-refractivity contribution in [3.63, 3.8) is 0 Å². The van der Waals surface area contributed by atoms with Crippen LogP contribution in [0.25, 0.3) is 0 Å². The van der Waals surface area contributed by atoms with Gasteiger partial charge in [0, 0.05) is 6.04 Å². The minimum atomic E-state index is -0.0571. The zero-order valence-electron chi connectivity index (χ0n) is 14.3. The number of hydrogen-bond acceptors (Lipinski definition) is 2. The molecule has 1 fully saturated rings. The SMILES string of the molecule is Cc1cc(C)c(C2NC(=O)CN2[C@@H](C)c2ccccc2)c(C)c1. The van der Waals surface area contributed by atoms with Gasteiger partial charge in [-0.3, -0.25) is 9.69 Å². The van der Waals surface area contributed by atoms with E-state index in [-0.39, 0.29) is 18.1 Å².